The van der Waals surface area contributed by atoms with Crippen LogP contribution in [0.4, 0.5) is 10.6 Å². The van der Waals surface area contributed by atoms with Crippen molar-refractivity contribution in [1.29, 1.82) is 0 Å². The fourth-order valence-electron chi connectivity index (χ4n) is 2.61. The number of carbonyl (C=O) groups excluding carboxylic acids is 1. The number of hydrogen-bond acceptors (Lipinski definition) is 4. The molecular weight excluding hydrogens is 316 g/mol. The van der Waals surface area contributed by atoms with Gasteiger partial charge in [-0.1, -0.05) is 31.2 Å². The van der Waals surface area contributed by atoms with Crippen LogP contribution in [-0.4, -0.2) is 25.8 Å². The number of anilines is 1. The summed E-state index contributed by atoms with van der Waals surface area (Å²) in [7, 11) is 0. The van der Waals surface area contributed by atoms with Gasteiger partial charge in [0.05, 0.1) is 5.70 Å². The van der Waals surface area contributed by atoms with Crippen molar-refractivity contribution in [2.24, 2.45) is 5.73 Å². The van der Waals surface area contributed by atoms with Crippen molar-refractivity contribution in [3.63, 3.8) is 0 Å². The maximum atomic E-state index is 11.4. The molecule has 3 N–H and O–H groups in total. The summed E-state index contributed by atoms with van der Waals surface area (Å²) in [5.41, 5.74) is 8.50. The first-order valence-corrected chi connectivity index (χ1v) is 8.11. The predicted molar refractivity (Wildman–Crippen MR) is 97.7 cm³/mol. The van der Waals surface area contributed by atoms with Crippen molar-refractivity contribution >= 4 is 17.5 Å². The van der Waals surface area contributed by atoms with Gasteiger partial charge in [0.2, 0.25) is 0 Å². The first-order chi connectivity index (χ1) is 12.1. The Kier molecular flexibility index (Phi) is 4.74. The van der Waals surface area contributed by atoms with Crippen molar-refractivity contribution in [3.8, 4) is 11.3 Å². The van der Waals surface area contributed by atoms with Crippen molar-refractivity contribution in [3.05, 3.63) is 54.2 Å². The molecule has 0 bridgehead atoms. The molecule has 0 aliphatic heterocycles. The van der Waals surface area contributed by atoms with Gasteiger partial charge in [0.1, 0.15) is 17.3 Å². The van der Waals surface area contributed by atoms with Crippen LogP contribution in [0.25, 0.3) is 17.0 Å². The third-order valence-electron chi connectivity index (χ3n) is 3.88. The average Bonchev–Trinajstić information content (AvgIpc) is 2.81. The molecule has 0 saturated carbocycles. The Balaban J connectivity index is 2.10. The van der Waals surface area contributed by atoms with Crippen LogP contribution in [0.2, 0.25) is 0 Å². The van der Waals surface area contributed by atoms with E-state index >= 15 is 0 Å². The number of rotatable bonds is 4. The van der Waals surface area contributed by atoms with E-state index in [1.54, 1.807) is 17.1 Å². The molecule has 2 aromatic heterocycles. The number of hydrogen-bond donors (Lipinski definition) is 2. The van der Waals surface area contributed by atoms with Crippen molar-refractivity contribution in [2.45, 2.75) is 26.7 Å². The van der Waals surface area contributed by atoms with Gasteiger partial charge < -0.3 is 5.73 Å². The van der Waals surface area contributed by atoms with Crippen LogP contribution in [-0.2, 0) is 6.42 Å². The number of urea groups is 1. The van der Waals surface area contributed by atoms with Gasteiger partial charge in [0, 0.05) is 29.9 Å². The van der Waals surface area contributed by atoms with Gasteiger partial charge in [-0.2, -0.15) is 5.10 Å². The normalized spacial score (nSPS) is 13.4. The maximum absolute atomic E-state index is 11.4. The molecule has 0 unspecified atom stereocenters. The lowest BCUT2D eigenvalue weighted by atomic mass is 10.1. The summed E-state index contributed by atoms with van der Waals surface area (Å²) in [4.78, 5) is 20.1. The zero-order chi connectivity index (χ0) is 17.8. The minimum Gasteiger partial charge on any atom is -0.351 e. The smallest absolute Gasteiger partial charge is 0.317 e. The summed E-state index contributed by atoms with van der Waals surface area (Å²) in [6, 6.07) is -0.635. The Morgan fingerprint density at radius 2 is 2.08 bits per heavy atom. The molecule has 25 heavy (non-hydrogen) atoms. The molecule has 1 aliphatic carbocycles. The van der Waals surface area contributed by atoms with Crippen LogP contribution in [0.5, 0.6) is 0 Å². The highest BCUT2D eigenvalue weighted by atomic mass is 16.2. The van der Waals surface area contributed by atoms with Crippen LogP contribution < -0.4 is 11.1 Å². The molecule has 3 rings (SSSR count). The Hall–Kier alpha value is -3.22. The largest absolute Gasteiger partial charge is 0.351 e. The molecule has 128 valence electrons. The number of amides is 2. The molecular formula is C18H20N6O. The summed E-state index contributed by atoms with van der Waals surface area (Å²) in [6.07, 6.45) is 15.0. The highest BCUT2D eigenvalue weighted by Gasteiger charge is 2.19. The van der Waals surface area contributed by atoms with E-state index < -0.39 is 6.03 Å². The van der Waals surface area contributed by atoms with E-state index in [9.17, 15) is 4.79 Å². The second-order valence-electron chi connectivity index (χ2n) is 5.62. The lowest BCUT2D eigenvalue weighted by Crippen LogP contribution is -2.22. The number of aromatic nitrogens is 4. The van der Waals surface area contributed by atoms with Crippen LogP contribution in [0.3, 0.4) is 0 Å². The van der Waals surface area contributed by atoms with Crippen molar-refractivity contribution in [2.75, 3.05) is 5.32 Å². The Morgan fingerprint density at radius 3 is 2.76 bits per heavy atom. The first-order valence-electron chi connectivity index (χ1n) is 8.11. The third-order valence-corrected chi connectivity index (χ3v) is 3.88. The number of carbonyl (C=O) groups is 1. The Labute approximate surface area is 146 Å². The van der Waals surface area contributed by atoms with Crippen molar-refractivity contribution < 1.29 is 4.79 Å². The summed E-state index contributed by atoms with van der Waals surface area (Å²) in [6.45, 7) is 3.89. The Bertz CT molecular complexity index is 874. The van der Waals surface area contributed by atoms with Gasteiger partial charge in [0.25, 0.3) is 0 Å². The van der Waals surface area contributed by atoms with Crippen LogP contribution in [0.1, 0.15) is 24.7 Å². The average molecular weight is 336 g/mol. The topological polar surface area (TPSA) is 98.7 Å². The van der Waals surface area contributed by atoms with E-state index in [0.29, 0.717) is 11.5 Å². The fraction of sp³-hybridized carbons (Fsp3) is 0.222. The number of allylic oxidation sites excluding steroid dienone is 6. The van der Waals surface area contributed by atoms with E-state index in [4.69, 9.17) is 5.73 Å². The summed E-state index contributed by atoms with van der Waals surface area (Å²) in [5, 5.41) is 7.35. The molecule has 0 aromatic carbocycles. The van der Waals surface area contributed by atoms with Gasteiger partial charge in [-0.25, -0.2) is 19.4 Å². The molecule has 2 heterocycles. The van der Waals surface area contributed by atoms with E-state index in [1.807, 2.05) is 44.2 Å². The number of primary amides is 1. The van der Waals surface area contributed by atoms with Crippen LogP contribution in [0, 0.1) is 6.92 Å². The lowest BCUT2D eigenvalue weighted by Gasteiger charge is -2.08. The Morgan fingerprint density at radius 1 is 1.32 bits per heavy atom. The molecule has 2 aromatic rings. The lowest BCUT2D eigenvalue weighted by molar-refractivity contribution is 0.259. The molecule has 1 aliphatic rings. The van der Waals surface area contributed by atoms with E-state index in [1.165, 1.54) is 0 Å². The van der Waals surface area contributed by atoms with E-state index in [2.05, 4.69) is 20.4 Å². The summed E-state index contributed by atoms with van der Waals surface area (Å²) in [5.74, 6) is 1.32. The second-order valence-corrected chi connectivity index (χ2v) is 5.62. The maximum Gasteiger partial charge on any atom is 0.317 e. The second kappa shape index (κ2) is 7.12. The molecule has 2 amide bonds. The van der Waals surface area contributed by atoms with E-state index in [-0.39, 0.29) is 0 Å². The van der Waals surface area contributed by atoms with Gasteiger partial charge in [-0.15, -0.1) is 0 Å². The molecule has 7 nitrogen and oxygen atoms in total. The summed E-state index contributed by atoms with van der Waals surface area (Å²) >= 11 is 0. The third kappa shape index (κ3) is 3.50. The van der Waals surface area contributed by atoms with Gasteiger partial charge in [0.15, 0.2) is 0 Å². The molecule has 0 saturated heterocycles. The number of nitrogens with two attached hydrogens (primary N) is 1. The van der Waals surface area contributed by atoms with E-state index in [0.717, 1.165) is 35.5 Å². The highest BCUT2D eigenvalue weighted by molar-refractivity contribution is 5.90. The van der Waals surface area contributed by atoms with Crippen LogP contribution in [0.15, 0.2) is 42.8 Å². The van der Waals surface area contributed by atoms with Gasteiger partial charge in [-0.05, 0) is 19.4 Å². The van der Waals surface area contributed by atoms with Crippen molar-refractivity contribution in [1.82, 2.24) is 19.7 Å². The quantitative estimate of drug-likeness (QED) is 0.896. The minimum atomic E-state index is -0.635. The van der Waals surface area contributed by atoms with Gasteiger partial charge in [-0.3, -0.25) is 5.32 Å². The standard InChI is InChI=1S/C18H20N6O/c1-3-15-20-10-13(11-21-15)16-12(2)17(22-18(19)25)24(23-16)14-8-6-4-5-7-9-14/h4-6,8-11H,3,7H2,1-2H3,(H3,19,22,25). The summed E-state index contributed by atoms with van der Waals surface area (Å²) < 4.78 is 1.69. The highest BCUT2D eigenvalue weighted by Crippen LogP contribution is 2.30. The molecule has 0 radical (unpaired) electrons. The number of nitrogens with one attached hydrogen (secondary N) is 1. The monoisotopic (exact) mass is 336 g/mol. The predicted octanol–water partition coefficient (Wildman–Crippen LogP) is 3.06. The van der Waals surface area contributed by atoms with Crippen LogP contribution >= 0.6 is 0 Å². The SMILES string of the molecule is CCc1ncc(-c2nn(C3=CCC=CC=C3)c(NC(N)=O)c2C)cn1. The molecule has 0 fully saturated rings. The molecule has 7 heteroatoms. The minimum absolute atomic E-state index is 0.542. The first kappa shape index (κ1) is 16.6. The number of aryl methyl sites for hydroxylation is 1. The van der Waals surface area contributed by atoms with Gasteiger partial charge >= 0.3 is 6.03 Å². The zero-order valence-corrected chi connectivity index (χ0v) is 14.2. The molecule has 0 atom stereocenters. The molecule has 0 spiro atoms. The zero-order valence-electron chi connectivity index (χ0n) is 14.2. The number of nitrogens with zero attached hydrogens (tertiary/aromatic N) is 4. The fourth-order valence-corrected chi connectivity index (χ4v) is 2.61.